The monoisotopic (exact) mass is 446 g/mol. The highest BCUT2D eigenvalue weighted by Gasteiger charge is 2.39. The lowest BCUT2D eigenvalue weighted by Crippen LogP contribution is -2.46. The third-order valence-electron chi connectivity index (χ3n) is 4.86. The van der Waals surface area contributed by atoms with Crippen LogP contribution >= 0.6 is 11.6 Å². The number of esters is 1. The second-order valence-electron chi connectivity index (χ2n) is 8.35. The minimum Gasteiger partial charge on any atom is -0.489 e. The van der Waals surface area contributed by atoms with E-state index in [0.717, 1.165) is 11.1 Å². The summed E-state index contributed by atoms with van der Waals surface area (Å²) in [4.78, 5) is 26.6. The van der Waals surface area contributed by atoms with Crippen LogP contribution in [0.3, 0.4) is 0 Å². The van der Waals surface area contributed by atoms with E-state index < -0.39 is 23.7 Å². The maximum absolute atomic E-state index is 12.7. The summed E-state index contributed by atoms with van der Waals surface area (Å²) in [6.45, 7) is 5.93. The Balaban J connectivity index is 1.83. The van der Waals surface area contributed by atoms with Crippen LogP contribution < -0.4 is 10.5 Å². The number of carbonyl (C=O) groups excluding carboxylic acids is 2. The first-order valence-corrected chi connectivity index (χ1v) is 10.3. The van der Waals surface area contributed by atoms with Gasteiger partial charge in [0.15, 0.2) is 6.04 Å². The fourth-order valence-electron chi connectivity index (χ4n) is 3.44. The predicted molar refractivity (Wildman–Crippen MR) is 118 cm³/mol. The SMILES string of the molecule is COC(=O)C1c2ccc(OCc3cc(N)ccc3Cl)cc2CCN1C(=O)OC(C)(C)C. The average Bonchev–Trinajstić information content (AvgIpc) is 2.71. The molecule has 2 N–H and O–H groups in total. The van der Waals surface area contributed by atoms with Crippen molar-refractivity contribution in [2.24, 2.45) is 0 Å². The van der Waals surface area contributed by atoms with Crippen LogP contribution in [0.15, 0.2) is 36.4 Å². The fourth-order valence-corrected chi connectivity index (χ4v) is 3.61. The summed E-state index contributed by atoms with van der Waals surface area (Å²) in [6, 6.07) is 9.77. The number of carbonyl (C=O) groups is 2. The van der Waals surface area contributed by atoms with Gasteiger partial charge in [-0.25, -0.2) is 9.59 Å². The van der Waals surface area contributed by atoms with Gasteiger partial charge in [0.1, 0.15) is 18.0 Å². The number of benzene rings is 2. The van der Waals surface area contributed by atoms with Gasteiger partial charge >= 0.3 is 12.1 Å². The molecule has 166 valence electrons. The summed E-state index contributed by atoms with van der Waals surface area (Å²) in [6.07, 6.45) is 0.00313. The molecule has 1 aliphatic heterocycles. The van der Waals surface area contributed by atoms with Crippen molar-refractivity contribution in [2.45, 2.75) is 45.4 Å². The van der Waals surface area contributed by atoms with E-state index in [2.05, 4.69) is 0 Å². The van der Waals surface area contributed by atoms with E-state index in [1.54, 1.807) is 51.1 Å². The van der Waals surface area contributed by atoms with E-state index in [9.17, 15) is 9.59 Å². The molecule has 0 saturated carbocycles. The molecule has 0 saturated heterocycles. The molecule has 2 aromatic carbocycles. The summed E-state index contributed by atoms with van der Waals surface area (Å²) >= 11 is 6.20. The van der Waals surface area contributed by atoms with Crippen molar-refractivity contribution in [3.8, 4) is 5.75 Å². The second kappa shape index (κ2) is 9.06. The van der Waals surface area contributed by atoms with E-state index in [-0.39, 0.29) is 6.61 Å². The first-order valence-electron chi connectivity index (χ1n) is 9.96. The zero-order valence-corrected chi connectivity index (χ0v) is 18.9. The third-order valence-corrected chi connectivity index (χ3v) is 5.23. The third kappa shape index (κ3) is 5.41. The van der Waals surface area contributed by atoms with Crippen molar-refractivity contribution in [1.29, 1.82) is 0 Å². The zero-order chi connectivity index (χ0) is 22.8. The van der Waals surface area contributed by atoms with Gasteiger partial charge in [-0.2, -0.15) is 0 Å². The number of nitrogens with two attached hydrogens (primary N) is 1. The number of anilines is 1. The second-order valence-corrected chi connectivity index (χ2v) is 8.76. The number of ether oxygens (including phenoxy) is 3. The molecule has 1 heterocycles. The van der Waals surface area contributed by atoms with E-state index in [1.165, 1.54) is 12.0 Å². The van der Waals surface area contributed by atoms with Gasteiger partial charge in [-0.05, 0) is 68.7 Å². The van der Waals surface area contributed by atoms with Gasteiger partial charge in [-0.3, -0.25) is 4.90 Å². The number of fused-ring (bicyclic) bond motifs is 1. The minimum atomic E-state index is -0.874. The summed E-state index contributed by atoms with van der Waals surface area (Å²) in [5.41, 5.74) is 8.14. The molecule has 31 heavy (non-hydrogen) atoms. The molecule has 0 spiro atoms. The Morgan fingerprint density at radius 3 is 2.61 bits per heavy atom. The van der Waals surface area contributed by atoms with Gasteiger partial charge in [0.05, 0.1) is 7.11 Å². The number of methoxy groups -OCH3 is 1. The Morgan fingerprint density at radius 1 is 1.19 bits per heavy atom. The predicted octanol–water partition coefficient (Wildman–Crippen LogP) is 4.51. The van der Waals surface area contributed by atoms with Gasteiger partial charge in [0.2, 0.25) is 0 Å². The number of hydrogen-bond acceptors (Lipinski definition) is 6. The van der Waals surface area contributed by atoms with Gasteiger partial charge < -0.3 is 19.9 Å². The van der Waals surface area contributed by atoms with Gasteiger partial charge in [0, 0.05) is 22.8 Å². The van der Waals surface area contributed by atoms with E-state index >= 15 is 0 Å². The van der Waals surface area contributed by atoms with Crippen molar-refractivity contribution in [2.75, 3.05) is 19.4 Å². The Bertz CT molecular complexity index is 986. The van der Waals surface area contributed by atoms with Crippen molar-refractivity contribution in [3.63, 3.8) is 0 Å². The molecule has 2 aromatic rings. The molecule has 1 atom stereocenters. The maximum atomic E-state index is 12.7. The Hall–Kier alpha value is -2.93. The molecule has 3 rings (SSSR count). The number of rotatable bonds is 4. The van der Waals surface area contributed by atoms with Gasteiger partial charge in [-0.15, -0.1) is 0 Å². The molecular formula is C23H27ClN2O5. The summed E-state index contributed by atoms with van der Waals surface area (Å²) in [5, 5.41) is 0.575. The Labute approximate surface area is 187 Å². The zero-order valence-electron chi connectivity index (χ0n) is 18.1. The molecule has 0 bridgehead atoms. The molecule has 0 fully saturated rings. The molecular weight excluding hydrogens is 420 g/mol. The van der Waals surface area contributed by atoms with Crippen molar-refractivity contribution >= 4 is 29.4 Å². The Morgan fingerprint density at radius 2 is 1.94 bits per heavy atom. The van der Waals surface area contributed by atoms with Crippen LogP contribution in [0, 0.1) is 0 Å². The standard InChI is InChI=1S/C23H27ClN2O5/c1-23(2,3)31-22(28)26-10-9-14-12-17(6-7-18(14)20(26)21(27)29-4)30-13-15-11-16(25)5-8-19(15)24/h5-8,11-12,20H,9-10,13,25H2,1-4H3. The highest BCUT2D eigenvalue weighted by molar-refractivity contribution is 6.31. The highest BCUT2D eigenvalue weighted by atomic mass is 35.5. The smallest absolute Gasteiger partial charge is 0.411 e. The minimum absolute atomic E-state index is 0.257. The number of hydrogen-bond donors (Lipinski definition) is 1. The first-order chi connectivity index (χ1) is 14.6. The quantitative estimate of drug-likeness (QED) is 0.549. The number of amides is 1. The van der Waals surface area contributed by atoms with Crippen LogP contribution in [0.4, 0.5) is 10.5 Å². The number of halogens is 1. The van der Waals surface area contributed by atoms with Crippen molar-refractivity contribution in [3.05, 3.63) is 58.1 Å². The van der Waals surface area contributed by atoms with Crippen LogP contribution in [-0.4, -0.2) is 36.2 Å². The lowest BCUT2D eigenvalue weighted by molar-refractivity contribution is -0.147. The summed E-state index contributed by atoms with van der Waals surface area (Å²) < 4.78 is 16.3. The van der Waals surface area contributed by atoms with Gasteiger partial charge in [0.25, 0.3) is 0 Å². The van der Waals surface area contributed by atoms with E-state index in [0.29, 0.717) is 35.0 Å². The lowest BCUT2D eigenvalue weighted by atomic mass is 9.92. The summed E-state index contributed by atoms with van der Waals surface area (Å²) in [5.74, 6) is 0.110. The maximum Gasteiger partial charge on any atom is 0.411 e. The van der Waals surface area contributed by atoms with Gasteiger partial charge in [-0.1, -0.05) is 17.7 Å². The number of nitrogens with zero attached hydrogens (tertiary/aromatic N) is 1. The largest absolute Gasteiger partial charge is 0.489 e. The lowest BCUT2D eigenvalue weighted by Gasteiger charge is -2.36. The topological polar surface area (TPSA) is 91.1 Å². The molecule has 1 unspecified atom stereocenters. The molecule has 0 aromatic heterocycles. The van der Waals surface area contributed by atoms with Crippen LogP contribution in [0.2, 0.25) is 5.02 Å². The molecule has 1 amide bonds. The van der Waals surface area contributed by atoms with E-state index in [1.807, 2.05) is 6.07 Å². The molecule has 7 nitrogen and oxygen atoms in total. The highest BCUT2D eigenvalue weighted by Crippen LogP contribution is 2.34. The molecule has 8 heteroatoms. The first kappa shape index (κ1) is 22.7. The fraction of sp³-hybridized carbons (Fsp3) is 0.391. The molecule has 0 aliphatic carbocycles. The average molecular weight is 447 g/mol. The molecule has 0 radical (unpaired) electrons. The van der Waals surface area contributed by atoms with Crippen molar-refractivity contribution < 1.29 is 23.8 Å². The van der Waals surface area contributed by atoms with Crippen LogP contribution in [-0.2, 0) is 27.3 Å². The molecule has 1 aliphatic rings. The van der Waals surface area contributed by atoms with Crippen LogP contribution in [0.1, 0.15) is 43.5 Å². The van der Waals surface area contributed by atoms with E-state index in [4.69, 9.17) is 31.5 Å². The Kier molecular flexibility index (Phi) is 6.65. The van der Waals surface area contributed by atoms with Crippen LogP contribution in [0.5, 0.6) is 5.75 Å². The summed E-state index contributed by atoms with van der Waals surface area (Å²) in [7, 11) is 1.30. The van der Waals surface area contributed by atoms with Crippen molar-refractivity contribution in [1.82, 2.24) is 4.90 Å². The number of nitrogen functional groups attached to an aromatic ring is 1. The van der Waals surface area contributed by atoms with Crippen LogP contribution in [0.25, 0.3) is 0 Å². The normalized spacial score (nSPS) is 15.8.